The SMILES string of the molecule is COC(=O)c1ccc(NC(=S)NC(=O)COc2ccc(Br)cc2Br)cc1. The Bertz CT molecular complexity index is 828. The van der Waals surface area contributed by atoms with Crippen molar-refractivity contribution in [3.05, 3.63) is 57.0 Å². The van der Waals surface area contributed by atoms with E-state index in [4.69, 9.17) is 17.0 Å². The minimum Gasteiger partial charge on any atom is -0.483 e. The van der Waals surface area contributed by atoms with Crippen LogP contribution in [0, 0.1) is 0 Å². The van der Waals surface area contributed by atoms with Crippen LogP contribution in [-0.2, 0) is 9.53 Å². The number of benzene rings is 2. The normalized spacial score (nSPS) is 9.96. The summed E-state index contributed by atoms with van der Waals surface area (Å²) in [5.41, 5.74) is 1.04. The molecule has 26 heavy (non-hydrogen) atoms. The van der Waals surface area contributed by atoms with Gasteiger partial charge in [-0.05, 0) is 70.6 Å². The van der Waals surface area contributed by atoms with E-state index in [0.29, 0.717) is 17.0 Å². The van der Waals surface area contributed by atoms with E-state index in [0.717, 1.165) is 8.95 Å². The van der Waals surface area contributed by atoms with Crippen molar-refractivity contribution in [3.63, 3.8) is 0 Å². The summed E-state index contributed by atoms with van der Waals surface area (Å²) in [7, 11) is 1.31. The number of methoxy groups -OCH3 is 1. The van der Waals surface area contributed by atoms with E-state index in [1.807, 2.05) is 12.1 Å². The second-order valence-electron chi connectivity index (χ2n) is 4.93. The number of hydrogen-bond acceptors (Lipinski definition) is 5. The average Bonchev–Trinajstić information content (AvgIpc) is 2.60. The highest BCUT2D eigenvalue weighted by Gasteiger charge is 2.09. The number of anilines is 1. The molecule has 2 rings (SSSR count). The van der Waals surface area contributed by atoms with E-state index in [1.54, 1.807) is 30.3 Å². The second kappa shape index (κ2) is 9.65. The molecule has 0 heterocycles. The Morgan fingerprint density at radius 3 is 2.42 bits per heavy atom. The summed E-state index contributed by atoms with van der Waals surface area (Å²) in [6, 6.07) is 11.8. The van der Waals surface area contributed by atoms with Crippen LogP contribution in [0.3, 0.4) is 0 Å². The number of carbonyl (C=O) groups is 2. The van der Waals surface area contributed by atoms with Crippen molar-refractivity contribution >= 4 is 66.8 Å². The summed E-state index contributed by atoms with van der Waals surface area (Å²) in [5, 5.41) is 5.49. The van der Waals surface area contributed by atoms with E-state index < -0.39 is 11.9 Å². The zero-order valence-electron chi connectivity index (χ0n) is 13.5. The minimum absolute atomic E-state index is 0.124. The summed E-state index contributed by atoms with van der Waals surface area (Å²) in [6.07, 6.45) is 0. The Labute approximate surface area is 172 Å². The largest absolute Gasteiger partial charge is 0.483 e. The fourth-order valence-electron chi connectivity index (χ4n) is 1.87. The quantitative estimate of drug-likeness (QED) is 0.478. The molecule has 136 valence electrons. The van der Waals surface area contributed by atoms with Gasteiger partial charge in [-0.25, -0.2) is 4.79 Å². The molecular formula is C17H14Br2N2O4S. The van der Waals surface area contributed by atoms with Crippen molar-refractivity contribution in [2.75, 3.05) is 19.0 Å². The van der Waals surface area contributed by atoms with Crippen LogP contribution in [0.15, 0.2) is 51.4 Å². The molecule has 6 nitrogen and oxygen atoms in total. The predicted molar refractivity (Wildman–Crippen MR) is 109 cm³/mol. The highest BCUT2D eigenvalue weighted by molar-refractivity contribution is 9.11. The maximum absolute atomic E-state index is 11.9. The van der Waals surface area contributed by atoms with Gasteiger partial charge >= 0.3 is 5.97 Å². The molecule has 0 aliphatic carbocycles. The Morgan fingerprint density at radius 2 is 1.81 bits per heavy atom. The van der Waals surface area contributed by atoms with Gasteiger partial charge in [-0.3, -0.25) is 10.1 Å². The van der Waals surface area contributed by atoms with E-state index in [-0.39, 0.29) is 11.7 Å². The van der Waals surface area contributed by atoms with E-state index in [9.17, 15) is 9.59 Å². The molecule has 2 aromatic carbocycles. The first-order chi connectivity index (χ1) is 12.4. The van der Waals surface area contributed by atoms with Crippen molar-refractivity contribution in [2.24, 2.45) is 0 Å². The Hall–Kier alpha value is -1.97. The zero-order valence-corrected chi connectivity index (χ0v) is 17.5. The van der Waals surface area contributed by atoms with Crippen LogP contribution < -0.4 is 15.4 Å². The molecule has 2 N–H and O–H groups in total. The van der Waals surface area contributed by atoms with Crippen molar-refractivity contribution in [2.45, 2.75) is 0 Å². The summed E-state index contributed by atoms with van der Waals surface area (Å²) >= 11 is 11.8. The van der Waals surface area contributed by atoms with Crippen LogP contribution in [0.4, 0.5) is 5.69 Å². The average molecular weight is 502 g/mol. The number of nitrogens with one attached hydrogen (secondary N) is 2. The third-order valence-electron chi connectivity index (χ3n) is 3.07. The Balaban J connectivity index is 1.83. The standard InChI is InChI=1S/C17H14Br2N2O4S/c1-24-16(23)10-2-5-12(6-3-10)20-17(26)21-15(22)9-25-14-7-4-11(18)8-13(14)19/h2-8H,9H2,1H3,(H2,20,21,22,26). The van der Waals surface area contributed by atoms with Gasteiger partial charge in [0.05, 0.1) is 17.1 Å². The van der Waals surface area contributed by atoms with Gasteiger partial charge in [0.1, 0.15) is 5.75 Å². The van der Waals surface area contributed by atoms with Gasteiger partial charge < -0.3 is 14.8 Å². The number of thiocarbonyl (C=S) groups is 1. The fourth-order valence-corrected chi connectivity index (χ4v) is 3.26. The van der Waals surface area contributed by atoms with Crippen molar-refractivity contribution in [1.82, 2.24) is 5.32 Å². The van der Waals surface area contributed by atoms with Crippen LogP contribution in [0.5, 0.6) is 5.75 Å². The predicted octanol–water partition coefficient (Wildman–Crippen LogP) is 3.89. The monoisotopic (exact) mass is 500 g/mol. The summed E-state index contributed by atoms with van der Waals surface area (Å²) in [5.74, 6) is -0.284. The van der Waals surface area contributed by atoms with Crippen LogP contribution in [0.2, 0.25) is 0 Å². The molecule has 2 aromatic rings. The minimum atomic E-state index is -0.427. The van der Waals surface area contributed by atoms with E-state index in [2.05, 4.69) is 47.2 Å². The van der Waals surface area contributed by atoms with E-state index in [1.165, 1.54) is 7.11 Å². The smallest absolute Gasteiger partial charge is 0.337 e. The topological polar surface area (TPSA) is 76.7 Å². The molecule has 0 atom stereocenters. The first kappa shape index (κ1) is 20.3. The lowest BCUT2D eigenvalue weighted by molar-refractivity contribution is -0.121. The first-order valence-corrected chi connectivity index (χ1v) is 9.25. The highest BCUT2D eigenvalue weighted by atomic mass is 79.9. The lowest BCUT2D eigenvalue weighted by Gasteiger charge is -2.11. The second-order valence-corrected chi connectivity index (χ2v) is 7.11. The molecule has 0 bridgehead atoms. The molecular weight excluding hydrogens is 488 g/mol. The molecule has 0 radical (unpaired) electrons. The molecule has 0 aliphatic rings. The van der Waals surface area contributed by atoms with Gasteiger partial charge in [-0.2, -0.15) is 0 Å². The molecule has 0 aliphatic heterocycles. The lowest BCUT2D eigenvalue weighted by atomic mass is 10.2. The molecule has 1 amide bonds. The summed E-state index contributed by atoms with van der Waals surface area (Å²) in [6.45, 7) is -0.191. The maximum atomic E-state index is 11.9. The molecule has 9 heteroatoms. The van der Waals surface area contributed by atoms with Gasteiger partial charge in [0.2, 0.25) is 0 Å². The lowest BCUT2D eigenvalue weighted by Crippen LogP contribution is -2.37. The number of esters is 1. The van der Waals surface area contributed by atoms with Crippen molar-refractivity contribution < 1.29 is 19.1 Å². The van der Waals surface area contributed by atoms with Crippen LogP contribution in [0.25, 0.3) is 0 Å². The van der Waals surface area contributed by atoms with Crippen LogP contribution in [-0.4, -0.2) is 30.7 Å². The third kappa shape index (κ3) is 6.08. The molecule has 0 fully saturated rings. The van der Waals surface area contributed by atoms with Gasteiger partial charge in [-0.15, -0.1) is 0 Å². The van der Waals surface area contributed by atoms with Gasteiger partial charge in [0.25, 0.3) is 5.91 Å². The van der Waals surface area contributed by atoms with Gasteiger partial charge in [-0.1, -0.05) is 15.9 Å². The highest BCUT2D eigenvalue weighted by Crippen LogP contribution is 2.28. The fraction of sp³-hybridized carbons (Fsp3) is 0.118. The number of amides is 1. The Morgan fingerprint density at radius 1 is 1.12 bits per heavy atom. The first-order valence-electron chi connectivity index (χ1n) is 7.26. The van der Waals surface area contributed by atoms with Crippen LogP contribution >= 0.6 is 44.1 Å². The molecule has 0 spiro atoms. The number of halogens is 2. The molecule has 0 aromatic heterocycles. The van der Waals surface area contributed by atoms with E-state index >= 15 is 0 Å². The third-order valence-corrected chi connectivity index (χ3v) is 4.39. The Kier molecular flexibility index (Phi) is 7.55. The molecule has 0 unspecified atom stereocenters. The molecule has 0 saturated carbocycles. The van der Waals surface area contributed by atoms with Crippen LogP contribution in [0.1, 0.15) is 10.4 Å². The van der Waals surface area contributed by atoms with Gasteiger partial charge in [0, 0.05) is 10.2 Å². The summed E-state index contributed by atoms with van der Waals surface area (Å²) < 4.78 is 11.7. The van der Waals surface area contributed by atoms with Crippen molar-refractivity contribution in [1.29, 1.82) is 0 Å². The summed E-state index contributed by atoms with van der Waals surface area (Å²) in [4.78, 5) is 23.3. The number of rotatable bonds is 5. The number of hydrogen-bond donors (Lipinski definition) is 2. The van der Waals surface area contributed by atoms with Crippen molar-refractivity contribution in [3.8, 4) is 5.75 Å². The van der Waals surface area contributed by atoms with Gasteiger partial charge in [0.15, 0.2) is 11.7 Å². The number of ether oxygens (including phenoxy) is 2. The molecule has 0 saturated heterocycles. The zero-order chi connectivity index (χ0) is 19.1. The number of carbonyl (C=O) groups excluding carboxylic acids is 2. The maximum Gasteiger partial charge on any atom is 0.337 e.